The van der Waals surface area contributed by atoms with Crippen molar-refractivity contribution in [3.05, 3.63) is 58.9 Å². The molecule has 9 heteroatoms. The number of nitrogens with zero attached hydrogens (tertiary/aromatic N) is 1. The van der Waals surface area contributed by atoms with Crippen LogP contribution in [0.15, 0.2) is 36.4 Å². The fraction of sp³-hybridized carbons (Fsp3) is 0.263. The van der Waals surface area contributed by atoms with Gasteiger partial charge in [0.05, 0.1) is 18.8 Å². The van der Waals surface area contributed by atoms with E-state index in [4.69, 9.17) is 11.6 Å². The minimum absolute atomic E-state index is 0.0893. The maximum atomic E-state index is 13.7. The first-order chi connectivity index (χ1) is 13.3. The van der Waals surface area contributed by atoms with Crippen LogP contribution in [-0.4, -0.2) is 36.3 Å². The van der Waals surface area contributed by atoms with Gasteiger partial charge in [-0.25, -0.2) is 13.2 Å². The second kappa shape index (κ2) is 10.1. The van der Waals surface area contributed by atoms with E-state index in [0.29, 0.717) is 23.7 Å². The van der Waals surface area contributed by atoms with E-state index >= 15 is 0 Å². The molecule has 2 rings (SSSR count). The lowest BCUT2D eigenvalue weighted by atomic mass is 10.2. The van der Waals surface area contributed by atoms with Crippen molar-refractivity contribution in [1.82, 2.24) is 4.90 Å². The number of nitrogens with one attached hydrogen (secondary N) is 2. The highest BCUT2D eigenvalue weighted by atomic mass is 35.5. The lowest BCUT2D eigenvalue weighted by Crippen LogP contribution is -2.39. The number of amides is 2. The third kappa shape index (κ3) is 6.24. The summed E-state index contributed by atoms with van der Waals surface area (Å²) in [5.74, 6) is -5.50. The van der Waals surface area contributed by atoms with Gasteiger partial charge in [-0.1, -0.05) is 24.6 Å². The Balaban J connectivity index is 1.97. The first kappa shape index (κ1) is 21.7. The summed E-state index contributed by atoms with van der Waals surface area (Å²) in [5, 5.41) is 5.32. The van der Waals surface area contributed by atoms with Gasteiger partial charge >= 0.3 is 0 Å². The molecule has 2 aromatic carbocycles. The van der Waals surface area contributed by atoms with Crippen molar-refractivity contribution in [3.8, 4) is 0 Å². The molecule has 150 valence electrons. The molecule has 0 aliphatic rings. The highest BCUT2D eigenvalue weighted by Gasteiger charge is 2.18. The second-order valence-electron chi connectivity index (χ2n) is 6.04. The molecule has 0 aromatic heterocycles. The summed E-state index contributed by atoms with van der Waals surface area (Å²) in [6, 6.07) is 8.26. The lowest BCUT2D eigenvalue weighted by Gasteiger charge is -2.20. The van der Waals surface area contributed by atoms with Gasteiger partial charge in [0.15, 0.2) is 17.5 Å². The number of halogens is 4. The molecule has 2 N–H and O–H groups in total. The van der Waals surface area contributed by atoms with Crippen LogP contribution in [-0.2, 0) is 9.59 Å². The Morgan fingerprint density at radius 1 is 1.00 bits per heavy atom. The molecule has 0 saturated heterocycles. The van der Waals surface area contributed by atoms with Gasteiger partial charge in [0.25, 0.3) is 0 Å². The zero-order valence-electron chi connectivity index (χ0n) is 15.1. The highest BCUT2D eigenvalue weighted by molar-refractivity contribution is 6.30. The summed E-state index contributed by atoms with van der Waals surface area (Å²) in [7, 11) is 0. The van der Waals surface area contributed by atoms with E-state index in [1.165, 1.54) is 0 Å². The molecule has 0 aliphatic heterocycles. The van der Waals surface area contributed by atoms with Gasteiger partial charge in [-0.3, -0.25) is 14.5 Å². The van der Waals surface area contributed by atoms with Gasteiger partial charge in [-0.15, -0.1) is 0 Å². The van der Waals surface area contributed by atoms with E-state index < -0.39 is 29.0 Å². The molecule has 0 atom stereocenters. The number of benzene rings is 2. The third-order valence-corrected chi connectivity index (χ3v) is 3.93. The third-order valence-electron chi connectivity index (χ3n) is 3.69. The van der Waals surface area contributed by atoms with Crippen LogP contribution in [0.25, 0.3) is 0 Å². The van der Waals surface area contributed by atoms with Crippen molar-refractivity contribution in [2.24, 2.45) is 0 Å². The molecule has 0 unspecified atom stereocenters. The summed E-state index contributed by atoms with van der Waals surface area (Å²) >= 11 is 5.87. The normalized spacial score (nSPS) is 10.8. The monoisotopic (exact) mass is 413 g/mol. The minimum Gasteiger partial charge on any atom is -0.325 e. The van der Waals surface area contributed by atoms with Crippen LogP contribution >= 0.6 is 11.6 Å². The number of hydrogen-bond acceptors (Lipinski definition) is 3. The quantitative estimate of drug-likeness (QED) is 0.642. The topological polar surface area (TPSA) is 61.4 Å². The molecular weight excluding hydrogens is 395 g/mol. The highest BCUT2D eigenvalue weighted by Crippen LogP contribution is 2.19. The van der Waals surface area contributed by atoms with E-state index in [1.807, 2.05) is 6.92 Å². The van der Waals surface area contributed by atoms with Crippen molar-refractivity contribution in [2.75, 3.05) is 30.3 Å². The van der Waals surface area contributed by atoms with E-state index in [9.17, 15) is 22.8 Å². The second-order valence-corrected chi connectivity index (χ2v) is 6.48. The fourth-order valence-electron chi connectivity index (χ4n) is 2.52. The van der Waals surface area contributed by atoms with Gasteiger partial charge in [0.2, 0.25) is 11.8 Å². The molecular formula is C19H19ClF3N3O2. The molecule has 2 aromatic rings. The lowest BCUT2D eigenvalue weighted by molar-refractivity contribution is -0.120. The fourth-order valence-corrected chi connectivity index (χ4v) is 2.71. The molecule has 0 aliphatic carbocycles. The van der Waals surface area contributed by atoms with E-state index in [0.717, 1.165) is 12.1 Å². The van der Waals surface area contributed by atoms with Gasteiger partial charge in [0, 0.05) is 10.7 Å². The summed E-state index contributed by atoms with van der Waals surface area (Å²) in [4.78, 5) is 25.9. The largest absolute Gasteiger partial charge is 0.325 e. The van der Waals surface area contributed by atoms with Gasteiger partial charge in [0.1, 0.15) is 0 Å². The Morgan fingerprint density at radius 3 is 2.32 bits per heavy atom. The number of carbonyl (C=O) groups excluding carboxylic acids is 2. The van der Waals surface area contributed by atoms with E-state index in [-0.39, 0.29) is 19.0 Å². The van der Waals surface area contributed by atoms with Crippen molar-refractivity contribution in [3.63, 3.8) is 0 Å². The molecule has 28 heavy (non-hydrogen) atoms. The van der Waals surface area contributed by atoms with Crippen LogP contribution in [0.5, 0.6) is 0 Å². The SMILES string of the molecule is CCCN(CC(=O)Nc1cccc(Cl)c1)CC(=O)Nc1ccc(F)c(F)c1F. The summed E-state index contributed by atoms with van der Waals surface area (Å²) in [6.07, 6.45) is 0.664. The smallest absolute Gasteiger partial charge is 0.238 e. The summed E-state index contributed by atoms with van der Waals surface area (Å²) in [6.45, 7) is 1.98. The number of carbonyl (C=O) groups is 2. The Morgan fingerprint density at radius 2 is 1.68 bits per heavy atom. The number of rotatable bonds is 8. The molecule has 0 spiro atoms. The maximum Gasteiger partial charge on any atom is 0.238 e. The maximum absolute atomic E-state index is 13.7. The van der Waals surface area contributed by atoms with Crippen LogP contribution in [0.3, 0.4) is 0 Å². The van der Waals surface area contributed by atoms with Crippen molar-refractivity contribution in [1.29, 1.82) is 0 Å². The Hall–Kier alpha value is -2.58. The van der Waals surface area contributed by atoms with Crippen LogP contribution in [0.1, 0.15) is 13.3 Å². The van der Waals surface area contributed by atoms with Crippen molar-refractivity contribution in [2.45, 2.75) is 13.3 Å². The van der Waals surface area contributed by atoms with Crippen LogP contribution < -0.4 is 10.6 Å². The van der Waals surface area contributed by atoms with Gasteiger partial charge in [-0.2, -0.15) is 0 Å². The number of anilines is 2. The first-order valence-corrected chi connectivity index (χ1v) is 8.89. The molecule has 0 bridgehead atoms. The van der Waals surface area contributed by atoms with Crippen LogP contribution in [0.4, 0.5) is 24.5 Å². The standard InChI is InChI=1S/C19H19ClF3N3O2/c1-2-8-26(10-16(27)24-13-5-3-4-12(20)9-13)11-17(28)25-15-7-6-14(21)18(22)19(15)23/h3-7,9H,2,8,10-11H2,1H3,(H,24,27)(H,25,28). The molecule has 2 amide bonds. The van der Waals surface area contributed by atoms with Crippen molar-refractivity contribution < 1.29 is 22.8 Å². The average molecular weight is 414 g/mol. The Kier molecular flexibility index (Phi) is 7.83. The Bertz CT molecular complexity index is 864. The van der Waals surface area contributed by atoms with Crippen LogP contribution in [0.2, 0.25) is 5.02 Å². The molecule has 0 radical (unpaired) electrons. The molecule has 0 saturated carbocycles. The van der Waals surface area contributed by atoms with Gasteiger partial charge < -0.3 is 10.6 Å². The molecule has 5 nitrogen and oxygen atoms in total. The van der Waals surface area contributed by atoms with Crippen LogP contribution in [0, 0.1) is 17.5 Å². The predicted octanol–water partition coefficient (Wildman–Crippen LogP) is 4.05. The van der Waals surface area contributed by atoms with E-state index in [2.05, 4.69) is 10.6 Å². The van der Waals surface area contributed by atoms with E-state index in [1.54, 1.807) is 29.2 Å². The first-order valence-electron chi connectivity index (χ1n) is 8.51. The predicted molar refractivity (Wildman–Crippen MR) is 102 cm³/mol. The average Bonchev–Trinajstić information content (AvgIpc) is 2.62. The Labute approximate surface area is 165 Å². The molecule has 0 heterocycles. The minimum atomic E-state index is -1.66. The van der Waals surface area contributed by atoms with Gasteiger partial charge in [-0.05, 0) is 43.3 Å². The number of hydrogen-bond donors (Lipinski definition) is 2. The summed E-state index contributed by atoms with van der Waals surface area (Å²) in [5.41, 5.74) is 0.0472. The van der Waals surface area contributed by atoms with Crippen molar-refractivity contribution >= 4 is 34.8 Å². The molecule has 0 fully saturated rings. The zero-order valence-corrected chi connectivity index (χ0v) is 15.8. The summed E-state index contributed by atoms with van der Waals surface area (Å²) < 4.78 is 39.9. The zero-order chi connectivity index (χ0) is 20.7.